The molecule has 1 N–H and O–H groups in total. The van der Waals surface area contributed by atoms with Crippen molar-refractivity contribution in [3.8, 4) is 28.4 Å². The fourth-order valence-electron chi connectivity index (χ4n) is 4.70. The third kappa shape index (κ3) is 5.31. The van der Waals surface area contributed by atoms with Crippen molar-refractivity contribution in [1.82, 2.24) is 20.4 Å². The summed E-state index contributed by atoms with van der Waals surface area (Å²) in [7, 11) is 1.94. The summed E-state index contributed by atoms with van der Waals surface area (Å²) in [6, 6.07) is 5.68. The molecule has 3 aromatic rings. The summed E-state index contributed by atoms with van der Waals surface area (Å²) < 4.78 is 11.5. The van der Waals surface area contributed by atoms with Crippen LogP contribution < -0.4 is 15.0 Å². The zero-order valence-electron chi connectivity index (χ0n) is 21.7. The number of anilines is 1. The lowest BCUT2D eigenvalue weighted by Gasteiger charge is -2.25. The van der Waals surface area contributed by atoms with Crippen LogP contribution in [0, 0.1) is 26.2 Å². The zero-order valence-corrected chi connectivity index (χ0v) is 22.4. The van der Waals surface area contributed by atoms with Gasteiger partial charge in [-0.25, -0.2) is 9.97 Å². The van der Waals surface area contributed by atoms with Crippen LogP contribution in [0.3, 0.4) is 0 Å². The first-order valence-electron chi connectivity index (χ1n) is 12.4. The zero-order chi connectivity index (χ0) is 25.2. The summed E-state index contributed by atoms with van der Waals surface area (Å²) in [5.41, 5.74) is 4.62. The normalized spacial score (nSPS) is 17.9. The van der Waals surface area contributed by atoms with Crippen molar-refractivity contribution in [1.29, 1.82) is 0 Å². The molecule has 8 heteroatoms. The van der Waals surface area contributed by atoms with Crippen LogP contribution in [0.15, 0.2) is 22.7 Å². The Labute approximate surface area is 213 Å². The lowest BCUT2D eigenvalue weighted by Crippen LogP contribution is -2.26. The lowest BCUT2D eigenvalue weighted by atomic mass is 9.87. The number of benzene rings is 1. The second-order valence-corrected chi connectivity index (χ2v) is 10.2. The van der Waals surface area contributed by atoms with Crippen molar-refractivity contribution in [3.63, 3.8) is 0 Å². The van der Waals surface area contributed by atoms with Gasteiger partial charge in [-0.1, -0.05) is 30.6 Å². The third-order valence-corrected chi connectivity index (χ3v) is 7.45. The van der Waals surface area contributed by atoms with E-state index >= 15 is 0 Å². The first-order chi connectivity index (χ1) is 16.8. The summed E-state index contributed by atoms with van der Waals surface area (Å²) >= 11 is 6.68. The number of aromatic nitrogens is 3. The Morgan fingerprint density at radius 2 is 2.03 bits per heavy atom. The van der Waals surface area contributed by atoms with Gasteiger partial charge in [-0.2, -0.15) is 0 Å². The van der Waals surface area contributed by atoms with Crippen LogP contribution in [0.25, 0.3) is 22.6 Å². The minimum absolute atomic E-state index is 0.277. The van der Waals surface area contributed by atoms with Crippen molar-refractivity contribution in [3.05, 3.63) is 40.2 Å². The molecule has 0 saturated carbocycles. The van der Waals surface area contributed by atoms with Crippen molar-refractivity contribution in [2.75, 3.05) is 38.2 Å². The number of nitrogens with one attached hydrogen (secondary N) is 1. The molecule has 1 aliphatic rings. The van der Waals surface area contributed by atoms with Gasteiger partial charge in [0.2, 0.25) is 0 Å². The highest BCUT2D eigenvalue weighted by Crippen LogP contribution is 2.40. The van der Waals surface area contributed by atoms with Gasteiger partial charge in [0.1, 0.15) is 17.3 Å². The summed E-state index contributed by atoms with van der Waals surface area (Å²) in [4.78, 5) is 12.5. The topological polar surface area (TPSA) is 76.3 Å². The predicted molar refractivity (Wildman–Crippen MR) is 141 cm³/mol. The van der Waals surface area contributed by atoms with E-state index in [-0.39, 0.29) is 5.41 Å². The number of ether oxygens (including phenoxy) is 1. The van der Waals surface area contributed by atoms with Gasteiger partial charge in [0.05, 0.1) is 28.6 Å². The molecule has 35 heavy (non-hydrogen) atoms. The van der Waals surface area contributed by atoms with E-state index < -0.39 is 0 Å². The van der Waals surface area contributed by atoms with Gasteiger partial charge in [0.15, 0.2) is 5.82 Å². The molecule has 0 spiro atoms. The molecule has 1 atom stereocenters. The van der Waals surface area contributed by atoms with Gasteiger partial charge in [-0.3, -0.25) is 0 Å². The highest BCUT2D eigenvalue weighted by molar-refractivity contribution is 6.33. The van der Waals surface area contributed by atoms with Crippen LogP contribution in [0.5, 0.6) is 5.75 Å². The summed E-state index contributed by atoms with van der Waals surface area (Å²) in [5.74, 6) is 3.02. The molecule has 188 valence electrons. The Kier molecular flexibility index (Phi) is 7.67. The Bertz CT molecular complexity index is 1180. The molecule has 0 amide bonds. The molecule has 1 aliphatic heterocycles. The molecule has 7 nitrogen and oxygen atoms in total. The lowest BCUT2D eigenvalue weighted by molar-refractivity contribution is 0.310. The Hall–Kier alpha value is -2.64. The van der Waals surface area contributed by atoms with Crippen LogP contribution in [0.4, 0.5) is 5.82 Å². The van der Waals surface area contributed by atoms with E-state index in [9.17, 15) is 0 Å². The maximum absolute atomic E-state index is 6.68. The average Bonchev–Trinajstić information content (AvgIpc) is 3.40. The number of aryl methyl sites for hydroxylation is 2. The molecule has 4 rings (SSSR count). The molecule has 0 radical (unpaired) electrons. The fraction of sp³-hybridized carbons (Fsp3) is 0.519. The van der Waals surface area contributed by atoms with Gasteiger partial charge >= 0.3 is 0 Å². The smallest absolute Gasteiger partial charge is 0.163 e. The first-order valence-corrected chi connectivity index (χ1v) is 12.8. The predicted octanol–water partition coefficient (Wildman–Crippen LogP) is 5.99. The van der Waals surface area contributed by atoms with Gasteiger partial charge in [-0.05, 0) is 77.2 Å². The molecule has 1 aromatic carbocycles. The van der Waals surface area contributed by atoms with Gasteiger partial charge in [-0.15, -0.1) is 0 Å². The quantitative estimate of drug-likeness (QED) is 0.364. The van der Waals surface area contributed by atoms with E-state index in [0.29, 0.717) is 17.5 Å². The second-order valence-electron chi connectivity index (χ2n) is 9.83. The Morgan fingerprint density at radius 1 is 1.23 bits per heavy atom. The number of hydrogen-bond acceptors (Lipinski definition) is 7. The van der Waals surface area contributed by atoms with E-state index in [4.69, 9.17) is 30.8 Å². The monoisotopic (exact) mass is 497 g/mol. The molecule has 1 fully saturated rings. The molecular weight excluding hydrogens is 462 g/mol. The first kappa shape index (κ1) is 25.5. The number of halogens is 1. The molecule has 1 unspecified atom stereocenters. The number of hydrogen-bond donors (Lipinski definition) is 1. The largest absolute Gasteiger partial charge is 0.494 e. The standard InChI is InChI=1S/C27H36ClN5O2/c1-7-27(5)11-13-33(16-27)26-17(2)24(23-18(3)32-35-19(23)4)30-25(31-26)21-15-20(9-10-22(21)28)34-14-8-12-29-6/h9-10,15,29H,7-8,11-14,16H2,1-6H3. The average molecular weight is 498 g/mol. The maximum Gasteiger partial charge on any atom is 0.163 e. The number of rotatable bonds is 9. The highest BCUT2D eigenvalue weighted by Gasteiger charge is 2.34. The molecule has 0 aliphatic carbocycles. The van der Waals surface area contributed by atoms with E-state index in [2.05, 4.69) is 36.1 Å². The molecule has 0 bridgehead atoms. The maximum atomic E-state index is 6.68. The van der Waals surface area contributed by atoms with Crippen LogP contribution in [0.2, 0.25) is 5.02 Å². The van der Waals surface area contributed by atoms with E-state index in [0.717, 1.165) is 84.3 Å². The molecule has 2 aromatic heterocycles. The van der Waals surface area contributed by atoms with Crippen molar-refractivity contribution in [2.24, 2.45) is 5.41 Å². The molecular formula is C27H36ClN5O2. The Morgan fingerprint density at radius 3 is 2.69 bits per heavy atom. The molecule has 3 heterocycles. The second kappa shape index (κ2) is 10.5. The van der Waals surface area contributed by atoms with E-state index in [1.807, 2.05) is 39.1 Å². The van der Waals surface area contributed by atoms with Crippen molar-refractivity contribution in [2.45, 2.75) is 53.9 Å². The fourth-order valence-corrected chi connectivity index (χ4v) is 4.90. The Balaban J connectivity index is 1.81. The van der Waals surface area contributed by atoms with Crippen LogP contribution in [-0.2, 0) is 0 Å². The SMILES string of the molecule is CCC1(C)CCN(c2nc(-c3cc(OCCCNC)ccc3Cl)nc(-c3c(C)noc3C)c2C)C1. The van der Waals surface area contributed by atoms with Crippen LogP contribution in [0.1, 0.15) is 50.1 Å². The summed E-state index contributed by atoms with van der Waals surface area (Å²) in [5, 5.41) is 7.91. The van der Waals surface area contributed by atoms with Crippen molar-refractivity contribution < 1.29 is 9.26 Å². The van der Waals surface area contributed by atoms with Crippen LogP contribution >= 0.6 is 11.6 Å². The third-order valence-electron chi connectivity index (χ3n) is 7.12. The summed E-state index contributed by atoms with van der Waals surface area (Å²) in [6.45, 7) is 14.0. The van der Waals surface area contributed by atoms with Crippen molar-refractivity contribution >= 4 is 17.4 Å². The van der Waals surface area contributed by atoms with Gasteiger partial charge < -0.3 is 19.5 Å². The van der Waals surface area contributed by atoms with Gasteiger partial charge in [0.25, 0.3) is 0 Å². The molecule has 1 saturated heterocycles. The van der Waals surface area contributed by atoms with E-state index in [1.165, 1.54) is 0 Å². The highest BCUT2D eigenvalue weighted by atomic mass is 35.5. The minimum atomic E-state index is 0.277. The van der Waals surface area contributed by atoms with Crippen LogP contribution in [-0.4, -0.2) is 48.4 Å². The van der Waals surface area contributed by atoms with E-state index in [1.54, 1.807) is 0 Å². The summed E-state index contributed by atoms with van der Waals surface area (Å²) in [6.07, 6.45) is 3.19. The minimum Gasteiger partial charge on any atom is -0.494 e. The van der Waals surface area contributed by atoms with Gasteiger partial charge in [0, 0.05) is 24.2 Å². The number of nitrogens with zero attached hydrogens (tertiary/aromatic N) is 4.